The fraction of sp³-hybridized carbons (Fsp3) is 0.211. The lowest BCUT2D eigenvalue weighted by atomic mass is 10.2. The maximum atomic E-state index is 12.4. The molecule has 0 aliphatic heterocycles. The van der Waals surface area contributed by atoms with Crippen molar-refractivity contribution in [2.45, 2.75) is 30.8 Å². The average Bonchev–Trinajstić information content (AvgIpc) is 3.05. The number of hydrogen-bond donors (Lipinski definition) is 1. The molecule has 0 unspecified atom stereocenters. The summed E-state index contributed by atoms with van der Waals surface area (Å²) < 4.78 is 1.99. The number of rotatable bonds is 6. The molecular weight excluding hydrogens is 368 g/mol. The molecule has 3 rings (SSSR count). The molecule has 0 saturated carbocycles. The van der Waals surface area contributed by atoms with Crippen molar-refractivity contribution in [2.75, 3.05) is 5.32 Å². The van der Waals surface area contributed by atoms with E-state index in [-0.39, 0.29) is 11.2 Å². The molecule has 0 fully saturated rings. The van der Waals surface area contributed by atoms with E-state index in [1.54, 1.807) is 0 Å². The number of anilines is 1. The van der Waals surface area contributed by atoms with E-state index in [9.17, 15) is 4.79 Å². The number of hydrogen-bond acceptors (Lipinski definition) is 4. The highest BCUT2D eigenvalue weighted by atomic mass is 35.5. The first-order chi connectivity index (χ1) is 12.6. The van der Waals surface area contributed by atoms with Crippen LogP contribution in [0.25, 0.3) is 11.4 Å². The zero-order chi connectivity index (χ0) is 18.5. The van der Waals surface area contributed by atoms with Crippen molar-refractivity contribution in [3.8, 4) is 11.4 Å². The van der Waals surface area contributed by atoms with Gasteiger partial charge in [-0.2, -0.15) is 0 Å². The van der Waals surface area contributed by atoms with Crippen LogP contribution >= 0.6 is 23.4 Å². The van der Waals surface area contributed by atoms with Gasteiger partial charge in [0.2, 0.25) is 5.91 Å². The molecule has 1 aromatic heterocycles. The number of halogens is 1. The highest BCUT2D eigenvalue weighted by Gasteiger charge is 2.20. The molecule has 0 saturated heterocycles. The molecule has 5 nitrogen and oxygen atoms in total. The molecule has 7 heteroatoms. The van der Waals surface area contributed by atoms with Crippen LogP contribution in [0.5, 0.6) is 0 Å². The van der Waals surface area contributed by atoms with Crippen LogP contribution in [-0.4, -0.2) is 25.9 Å². The molecule has 2 aromatic carbocycles. The number of thioether (sulfide) groups is 1. The Balaban J connectivity index is 1.76. The van der Waals surface area contributed by atoms with E-state index in [1.807, 2.05) is 73.0 Å². The quantitative estimate of drug-likeness (QED) is 0.622. The number of benzene rings is 2. The molecule has 1 heterocycles. The predicted molar refractivity (Wildman–Crippen MR) is 107 cm³/mol. The third-order valence-corrected chi connectivity index (χ3v) is 5.12. The summed E-state index contributed by atoms with van der Waals surface area (Å²) in [6, 6.07) is 16.9. The summed E-state index contributed by atoms with van der Waals surface area (Å²) in [5, 5.41) is 12.5. The fourth-order valence-corrected chi connectivity index (χ4v) is 3.58. The van der Waals surface area contributed by atoms with Crippen molar-refractivity contribution in [2.24, 2.45) is 0 Å². The molecule has 26 heavy (non-hydrogen) atoms. The summed E-state index contributed by atoms with van der Waals surface area (Å²) in [6.07, 6.45) is 0. The highest BCUT2D eigenvalue weighted by molar-refractivity contribution is 8.00. The molecule has 1 atom stereocenters. The number of carbonyl (C=O) groups is 1. The molecule has 0 radical (unpaired) electrons. The van der Waals surface area contributed by atoms with Crippen LogP contribution in [-0.2, 0) is 11.3 Å². The van der Waals surface area contributed by atoms with Crippen LogP contribution in [0.1, 0.15) is 13.8 Å². The van der Waals surface area contributed by atoms with Crippen LogP contribution in [0.3, 0.4) is 0 Å². The monoisotopic (exact) mass is 386 g/mol. The number of amides is 1. The molecule has 0 aliphatic rings. The molecule has 0 aliphatic carbocycles. The first-order valence-corrected chi connectivity index (χ1v) is 9.56. The van der Waals surface area contributed by atoms with Gasteiger partial charge in [0.1, 0.15) is 0 Å². The number of aromatic nitrogens is 3. The fourth-order valence-electron chi connectivity index (χ4n) is 2.48. The van der Waals surface area contributed by atoms with Gasteiger partial charge in [-0.05, 0) is 38.1 Å². The van der Waals surface area contributed by atoms with Crippen molar-refractivity contribution >= 4 is 35.0 Å². The molecule has 0 bridgehead atoms. The van der Waals surface area contributed by atoms with E-state index in [1.165, 1.54) is 11.8 Å². The van der Waals surface area contributed by atoms with Crippen LogP contribution < -0.4 is 5.32 Å². The van der Waals surface area contributed by atoms with Crippen LogP contribution in [0, 0.1) is 0 Å². The maximum Gasteiger partial charge on any atom is 0.237 e. The summed E-state index contributed by atoms with van der Waals surface area (Å²) in [7, 11) is 0. The normalized spacial score (nSPS) is 12.0. The Morgan fingerprint density at radius 2 is 1.96 bits per heavy atom. The number of nitrogens with one attached hydrogen (secondary N) is 1. The van der Waals surface area contributed by atoms with Crippen LogP contribution in [0.15, 0.2) is 59.8 Å². The van der Waals surface area contributed by atoms with E-state index < -0.39 is 0 Å². The topological polar surface area (TPSA) is 59.8 Å². The predicted octanol–water partition coefficient (Wildman–Crippen LogP) is 4.74. The zero-order valence-electron chi connectivity index (χ0n) is 14.5. The standard InChI is InChI=1S/C19H19ClN4OS/c1-3-24-17(14-8-7-9-15(20)12-14)22-23-19(24)26-13(2)18(25)21-16-10-5-4-6-11-16/h4-13H,3H2,1-2H3,(H,21,25)/t13-/m0/s1. The van der Waals surface area contributed by atoms with E-state index in [0.717, 1.165) is 17.1 Å². The molecule has 3 aromatic rings. The third-order valence-electron chi connectivity index (χ3n) is 3.81. The van der Waals surface area contributed by atoms with Crippen molar-refractivity contribution in [1.82, 2.24) is 14.8 Å². The first-order valence-electron chi connectivity index (χ1n) is 8.30. The van der Waals surface area contributed by atoms with Crippen LogP contribution in [0.2, 0.25) is 5.02 Å². The first kappa shape index (κ1) is 18.5. The van der Waals surface area contributed by atoms with Gasteiger partial charge in [-0.3, -0.25) is 4.79 Å². The van der Waals surface area contributed by atoms with Gasteiger partial charge in [-0.1, -0.05) is 53.7 Å². The highest BCUT2D eigenvalue weighted by Crippen LogP contribution is 2.28. The summed E-state index contributed by atoms with van der Waals surface area (Å²) in [5.74, 6) is 0.671. The van der Waals surface area contributed by atoms with Gasteiger partial charge in [-0.25, -0.2) is 0 Å². The van der Waals surface area contributed by atoms with Crippen molar-refractivity contribution in [1.29, 1.82) is 0 Å². The SMILES string of the molecule is CCn1c(S[C@@H](C)C(=O)Nc2ccccc2)nnc1-c1cccc(Cl)c1. The third kappa shape index (κ3) is 4.26. The lowest BCUT2D eigenvalue weighted by molar-refractivity contribution is -0.115. The minimum atomic E-state index is -0.308. The Kier molecular flexibility index (Phi) is 5.96. The zero-order valence-corrected chi connectivity index (χ0v) is 16.1. The van der Waals surface area contributed by atoms with E-state index in [2.05, 4.69) is 15.5 Å². The number of carbonyl (C=O) groups excluding carboxylic acids is 1. The van der Waals surface area contributed by atoms with Crippen molar-refractivity contribution < 1.29 is 4.79 Å². The Labute approximate surface area is 161 Å². The lowest BCUT2D eigenvalue weighted by Gasteiger charge is -2.13. The molecular formula is C19H19ClN4OS. The Bertz CT molecular complexity index is 898. The second-order valence-electron chi connectivity index (χ2n) is 5.68. The molecule has 1 N–H and O–H groups in total. The maximum absolute atomic E-state index is 12.4. The van der Waals surface area contributed by atoms with Gasteiger partial charge < -0.3 is 9.88 Å². The van der Waals surface area contributed by atoms with Gasteiger partial charge in [0, 0.05) is 22.8 Å². The smallest absolute Gasteiger partial charge is 0.237 e. The van der Waals surface area contributed by atoms with Crippen LogP contribution in [0.4, 0.5) is 5.69 Å². The number of para-hydroxylation sites is 1. The van der Waals surface area contributed by atoms with Gasteiger partial charge in [0.25, 0.3) is 0 Å². The summed E-state index contributed by atoms with van der Waals surface area (Å²) in [5.41, 5.74) is 1.68. The Hall–Kier alpha value is -2.31. The minimum absolute atomic E-state index is 0.0730. The van der Waals surface area contributed by atoms with Gasteiger partial charge in [0.05, 0.1) is 5.25 Å². The van der Waals surface area contributed by atoms with Crippen molar-refractivity contribution in [3.63, 3.8) is 0 Å². The Morgan fingerprint density at radius 3 is 2.65 bits per heavy atom. The van der Waals surface area contributed by atoms with Gasteiger partial charge >= 0.3 is 0 Å². The van der Waals surface area contributed by atoms with E-state index in [0.29, 0.717) is 16.7 Å². The second-order valence-corrected chi connectivity index (χ2v) is 7.42. The average molecular weight is 387 g/mol. The largest absolute Gasteiger partial charge is 0.325 e. The number of nitrogens with zero attached hydrogens (tertiary/aromatic N) is 3. The second kappa shape index (κ2) is 8.38. The Morgan fingerprint density at radius 1 is 1.19 bits per heavy atom. The minimum Gasteiger partial charge on any atom is -0.325 e. The van der Waals surface area contributed by atoms with E-state index >= 15 is 0 Å². The summed E-state index contributed by atoms with van der Waals surface area (Å²) in [6.45, 7) is 4.58. The van der Waals surface area contributed by atoms with Crippen molar-refractivity contribution in [3.05, 3.63) is 59.6 Å². The molecule has 1 amide bonds. The van der Waals surface area contributed by atoms with Gasteiger partial charge in [-0.15, -0.1) is 10.2 Å². The van der Waals surface area contributed by atoms with Gasteiger partial charge in [0.15, 0.2) is 11.0 Å². The molecule has 0 spiro atoms. The van der Waals surface area contributed by atoms with E-state index in [4.69, 9.17) is 11.6 Å². The molecule has 134 valence electrons. The lowest BCUT2D eigenvalue weighted by Crippen LogP contribution is -2.22. The summed E-state index contributed by atoms with van der Waals surface area (Å²) >= 11 is 7.47. The summed E-state index contributed by atoms with van der Waals surface area (Å²) in [4.78, 5) is 12.4.